The number of benzene rings is 4. The molecule has 200 valence electrons. The quantitative estimate of drug-likeness (QED) is 0.194. The van der Waals surface area contributed by atoms with Crippen molar-refractivity contribution in [2.24, 2.45) is 5.92 Å². The molecule has 4 aromatic rings. The molecule has 0 radical (unpaired) electrons. The summed E-state index contributed by atoms with van der Waals surface area (Å²) in [7, 11) is 0. The van der Waals surface area contributed by atoms with E-state index in [1.807, 2.05) is 18.2 Å². The van der Waals surface area contributed by atoms with Gasteiger partial charge in [0.1, 0.15) is 5.82 Å². The fraction of sp³-hybridized carbons (Fsp3) is 0.316. The van der Waals surface area contributed by atoms with Gasteiger partial charge >= 0.3 is 0 Å². The molecule has 1 aliphatic rings. The van der Waals surface area contributed by atoms with E-state index in [0.717, 1.165) is 36.3 Å². The van der Waals surface area contributed by atoms with Gasteiger partial charge in [-0.1, -0.05) is 123 Å². The monoisotopic (exact) mass is 516 g/mol. The highest BCUT2D eigenvalue weighted by Crippen LogP contribution is 2.40. The molecule has 0 bridgehead atoms. The highest BCUT2D eigenvalue weighted by Gasteiger charge is 2.24. The lowest BCUT2D eigenvalue weighted by molar-refractivity contribution is 0.297. The van der Waals surface area contributed by atoms with Crippen molar-refractivity contribution < 1.29 is 4.39 Å². The first kappa shape index (κ1) is 27.1. The lowest BCUT2D eigenvalue weighted by Crippen LogP contribution is -2.15. The summed E-state index contributed by atoms with van der Waals surface area (Å²) in [5, 5.41) is 0. The summed E-state index contributed by atoms with van der Waals surface area (Å²) >= 11 is 0. The molecule has 1 heteroatoms. The Morgan fingerprint density at radius 1 is 0.769 bits per heavy atom. The van der Waals surface area contributed by atoms with Crippen LogP contribution < -0.4 is 0 Å². The van der Waals surface area contributed by atoms with Gasteiger partial charge in [-0.2, -0.15) is 0 Å². The number of hydrogen-bond donors (Lipinski definition) is 0. The molecule has 1 unspecified atom stereocenters. The minimum Gasteiger partial charge on any atom is -0.206 e. The molecule has 0 saturated heterocycles. The summed E-state index contributed by atoms with van der Waals surface area (Å²) in [4.78, 5) is 0. The van der Waals surface area contributed by atoms with Crippen LogP contribution in [0.3, 0.4) is 0 Å². The Morgan fingerprint density at radius 2 is 1.44 bits per heavy atom. The molecule has 0 N–H and O–H groups in total. The van der Waals surface area contributed by atoms with Gasteiger partial charge in [-0.3, -0.25) is 0 Å². The third-order valence-corrected chi connectivity index (χ3v) is 8.59. The maximum absolute atomic E-state index is 15.1. The van der Waals surface area contributed by atoms with Gasteiger partial charge in [-0.15, -0.1) is 0 Å². The molecule has 1 fully saturated rings. The number of halogens is 1. The summed E-state index contributed by atoms with van der Waals surface area (Å²) in [6.07, 6.45) is 12.2. The molecule has 0 heterocycles. The molecule has 1 aliphatic carbocycles. The molecule has 39 heavy (non-hydrogen) atoms. The van der Waals surface area contributed by atoms with Crippen LogP contribution in [-0.2, 0) is 6.42 Å². The van der Waals surface area contributed by atoms with Crippen molar-refractivity contribution in [2.75, 3.05) is 0 Å². The topological polar surface area (TPSA) is 0 Å². The maximum Gasteiger partial charge on any atom is 0.130 e. The van der Waals surface area contributed by atoms with Crippen molar-refractivity contribution in [1.82, 2.24) is 0 Å². The van der Waals surface area contributed by atoms with E-state index in [1.165, 1.54) is 47.9 Å². The summed E-state index contributed by atoms with van der Waals surface area (Å²) in [5.74, 6) is 1.73. The van der Waals surface area contributed by atoms with E-state index in [9.17, 15) is 0 Å². The number of aryl methyl sites for hydroxylation is 1. The van der Waals surface area contributed by atoms with Crippen LogP contribution in [0.15, 0.2) is 97.1 Å². The molecule has 4 aromatic carbocycles. The van der Waals surface area contributed by atoms with Gasteiger partial charge in [0.2, 0.25) is 0 Å². The first-order chi connectivity index (χ1) is 19.1. The Balaban J connectivity index is 1.15. The molecule has 1 saturated carbocycles. The smallest absolute Gasteiger partial charge is 0.130 e. The Labute approximate surface area is 234 Å². The molecular formula is C38H41F. The summed E-state index contributed by atoms with van der Waals surface area (Å²) in [5.41, 5.74) is 8.15. The van der Waals surface area contributed by atoms with Crippen molar-refractivity contribution in [2.45, 2.75) is 70.6 Å². The molecule has 0 aromatic heterocycles. The van der Waals surface area contributed by atoms with E-state index in [1.54, 1.807) is 6.07 Å². The summed E-state index contributed by atoms with van der Waals surface area (Å²) < 4.78 is 15.1. The van der Waals surface area contributed by atoms with Crippen LogP contribution in [0.4, 0.5) is 4.39 Å². The Kier molecular flexibility index (Phi) is 9.09. The van der Waals surface area contributed by atoms with E-state index in [-0.39, 0.29) is 5.82 Å². The second kappa shape index (κ2) is 13.1. The highest BCUT2D eigenvalue weighted by molar-refractivity contribution is 5.72. The lowest BCUT2D eigenvalue weighted by atomic mass is 9.75. The summed E-state index contributed by atoms with van der Waals surface area (Å²) in [6.45, 7) is 4.56. The van der Waals surface area contributed by atoms with E-state index in [2.05, 4.69) is 98.8 Å². The minimum absolute atomic E-state index is 0.118. The molecule has 0 amide bonds. The second-order valence-electron chi connectivity index (χ2n) is 11.4. The van der Waals surface area contributed by atoms with Crippen molar-refractivity contribution in [3.63, 3.8) is 0 Å². The van der Waals surface area contributed by atoms with Crippen LogP contribution in [0.1, 0.15) is 92.0 Å². The predicted octanol–water partition coefficient (Wildman–Crippen LogP) is 11.1. The minimum atomic E-state index is -0.118. The van der Waals surface area contributed by atoms with Crippen molar-refractivity contribution in [3.8, 4) is 11.1 Å². The van der Waals surface area contributed by atoms with Crippen LogP contribution in [0.2, 0.25) is 0 Å². The summed E-state index contributed by atoms with van der Waals surface area (Å²) in [6, 6.07) is 34.1. The van der Waals surface area contributed by atoms with Crippen LogP contribution in [0, 0.1) is 11.7 Å². The SMILES string of the molecule is CCCc1ccc(-c2ccc(/C=C/c3ccc(C4CCC(CC(C)c5ccccc5)CC4)cc3F)cc2)cc1. The zero-order valence-electron chi connectivity index (χ0n) is 23.5. The van der Waals surface area contributed by atoms with Gasteiger partial charge in [0.05, 0.1) is 0 Å². The van der Waals surface area contributed by atoms with Gasteiger partial charge in [0.15, 0.2) is 0 Å². The van der Waals surface area contributed by atoms with Gasteiger partial charge in [0.25, 0.3) is 0 Å². The molecule has 1 atom stereocenters. The van der Waals surface area contributed by atoms with Gasteiger partial charge < -0.3 is 0 Å². The normalized spacial score (nSPS) is 18.3. The van der Waals surface area contributed by atoms with E-state index in [4.69, 9.17) is 0 Å². The van der Waals surface area contributed by atoms with Gasteiger partial charge in [-0.25, -0.2) is 4.39 Å². The molecule has 0 aliphatic heterocycles. The third-order valence-electron chi connectivity index (χ3n) is 8.59. The van der Waals surface area contributed by atoms with Crippen LogP contribution >= 0.6 is 0 Å². The van der Waals surface area contributed by atoms with Crippen LogP contribution in [-0.4, -0.2) is 0 Å². The van der Waals surface area contributed by atoms with E-state index >= 15 is 4.39 Å². The largest absolute Gasteiger partial charge is 0.206 e. The fourth-order valence-electron chi connectivity index (χ4n) is 6.21. The van der Waals surface area contributed by atoms with Crippen molar-refractivity contribution in [3.05, 3.63) is 131 Å². The Morgan fingerprint density at radius 3 is 2.08 bits per heavy atom. The van der Waals surface area contributed by atoms with Crippen molar-refractivity contribution >= 4 is 12.2 Å². The Hall–Kier alpha value is -3.45. The first-order valence-corrected chi connectivity index (χ1v) is 14.8. The zero-order valence-corrected chi connectivity index (χ0v) is 23.5. The van der Waals surface area contributed by atoms with Crippen LogP contribution in [0.25, 0.3) is 23.3 Å². The standard InChI is InChI=1S/C38H41F/c1-3-7-29-10-17-33(18-11-29)34-19-12-30(13-20-34)14-23-36-24-25-37(27-38(36)39)35-21-15-31(16-22-35)26-28(2)32-8-5-4-6-9-32/h4-6,8-14,17-20,23-25,27-28,31,35H,3,7,15-16,21-22,26H2,1-2H3/b23-14+. The zero-order chi connectivity index (χ0) is 27.0. The predicted molar refractivity (Wildman–Crippen MR) is 165 cm³/mol. The van der Waals surface area contributed by atoms with Crippen LogP contribution in [0.5, 0.6) is 0 Å². The highest BCUT2D eigenvalue weighted by atomic mass is 19.1. The molecule has 0 spiro atoms. The van der Waals surface area contributed by atoms with Gasteiger partial charge in [-0.05, 0) is 95.7 Å². The van der Waals surface area contributed by atoms with E-state index in [0.29, 0.717) is 17.4 Å². The van der Waals surface area contributed by atoms with E-state index < -0.39 is 0 Å². The average Bonchev–Trinajstić information content (AvgIpc) is 2.98. The lowest BCUT2D eigenvalue weighted by Gasteiger charge is -2.30. The molecule has 0 nitrogen and oxygen atoms in total. The fourth-order valence-corrected chi connectivity index (χ4v) is 6.21. The molecule has 5 rings (SSSR count). The number of rotatable bonds is 9. The Bertz CT molecular complexity index is 1340. The maximum atomic E-state index is 15.1. The van der Waals surface area contributed by atoms with Crippen molar-refractivity contribution in [1.29, 1.82) is 0 Å². The number of hydrogen-bond acceptors (Lipinski definition) is 0. The average molecular weight is 517 g/mol. The third kappa shape index (κ3) is 7.15. The van der Waals surface area contributed by atoms with Gasteiger partial charge in [0, 0.05) is 5.56 Å². The first-order valence-electron chi connectivity index (χ1n) is 14.8. The second-order valence-corrected chi connectivity index (χ2v) is 11.4. The molecular weight excluding hydrogens is 475 g/mol.